The van der Waals surface area contributed by atoms with Gasteiger partial charge in [0.15, 0.2) is 0 Å². The molecule has 0 radical (unpaired) electrons. The van der Waals surface area contributed by atoms with Crippen LogP contribution in [0, 0.1) is 11.8 Å². The number of nitrogens with one attached hydrogen (secondary N) is 1. The van der Waals surface area contributed by atoms with Crippen molar-refractivity contribution in [3.05, 3.63) is 40.4 Å². The fraction of sp³-hybridized carbons (Fsp3) is 0.500. The van der Waals surface area contributed by atoms with E-state index in [-0.39, 0.29) is 54.6 Å². The highest BCUT2D eigenvalue weighted by Crippen LogP contribution is 2.38. The lowest BCUT2D eigenvalue weighted by molar-refractivity contribution is -0.141. The largest absolute Gasteiger partial charge is 0.335 e. The first-order chi connectivity index (χ1) is 14.5. The van der Waals surface area contributed by atoms with Crippen LogP contribution in [-0.2, 0) is 20.9 Å². The van der Waals surface area contributed by atoms with Crippen LogP contribution in [0.2, 0.25) is 0 Å². The predicted octanol–water partition coefficient (Wildman–Crippen LogP) is 1.84. The minimum Gasteiger partial charge on any atom is -0.335 e. The third-order valence-corrected chi connectivity index (χ3v) is 6.22. The molecule has 4 rings (SSSR count). The Morgan fingerprint density at radius 2 is 1.80 bits per heavy atom. The quantitative estimate of drug-likeness (QED) is 0.732. The molecule has 2 heterocycles. The molecule has 0 spiro atoms. The van der Waals surface area contributed by atoms with Gasteiger partial charge in [-0.3, -0.25) is 24.1 Å². The van der Waals surface area contributed by atoms with Gasteiger partial charge < -0.3 is 9.88 Å². The number of para-hydroxylation sites is 1. The number of carbonyl (C=O) groups is 3. The van der Waals surface area contributed by atoms with Crippen LogP contribution >= 0.6 is 0 Å². The molecule has 8 nitrogen and oxygen atoms in total. The molecule has 2 aromatic rings. The second-order valence-electron chi connectivity index (χ2n) is 8.01. The van der Waals surface area contributed by atoms with Crippen molar-refractivity contribution < 1.29 is 14.4 Å². The number of hydrogen-bond acceptors (Lipinski definition) is 5. The van der Waals surface area contributed by atoms with Crippen LogP contribution in [-0.4, -0.2) is 50.6 Å². The van der Waals surface area contributed by atoms with E-state index in [1.54, 1.807) is 23.1 Å². The molecular formula is C22H26N4O4. The van der Waals surface area contributed by atoms with Crippen molar-refractivity contribution >= 4 is 28.6 Å². The zero-order valence-electron chi connectivity index (χ0n) is 17.1. The Hall–Kier alpha value is -3.03. The number of H-pyrrole nitrogens is 1. The third-order valence-electron chi connectivity index (χ3n) is 6.22. The first kappa shape index (κ1) is 20.3. The molecular weight excluding hydrogens is 384 g/mol. The van der Waals surface area contributed by atoms with Crippen LogP contribution < -0.4 is 5.56 Å². The molecule has 2 fully saturated rings. The first-order valence-corrected chi connectivity index (χ1v) is 10.6. The van der Waals surface area contributed by atoms with Gasteiger partial charge in [0, 0.05) is 19.5 Å². The molecule has 1 aliphatic carbocycles. The number of nitrogens with zero attached hydrogens (tertiary/aromatic N) is 3. The normalized spacial score (nSPS) is 21.2. The van der Waals surface area contributed by atoms with E-state index in [0.717, 1.165) is 25.7 Å². The summed E-state index contributed by atoms with van der Waals surface area (Å²) in [6, 6.07) is 7.05. The Balaban J connectivity index is 1.42. The fourth-order valence-electron chi connectivity index (χ4n) is 4.58. The van der Waals surface area contributed by atoms with Crippen LogP contribution in [0.3, 0.4) is 0 Å². The summed E-state index contributed by atoms with van der Waals surface area (Å²) < 4.78 is 0. The fourth-order valence-corrected chi connectivity index (χ4v) is 4.58. The van der Waals surface area contributed by atoms with E-state index in [0.29, 0.717) is 23.3 Å². The minimum absolute atomic E-state index is 0.0720. The van der Waals surface area contributed by atoms with Crippen molar-refractivity contribution in [2.45, 2.75) is 45.6 Å². The molecule has 1 aromatic heterocycles. The van der Waals surface area contributed by atoms with Gasteiger partial charge in [0.05, 0.1) is 29.3 Å². The Labute approximate surface area is 174 Å². The molecule has 1 aromatic carbocycles. The number of fused-ring (bicyclic) bond motifs is 2. The maximum atomic E-state index is 12.8. The Bertz CT molecular complexity index is 1020. The zero-order valence-corrected chi connectivity index (χ0v) is 17.1. The van der Waals surface area contributed by atoms with Crippen LogP contribution in [0.4, 0.5) is 0 Å². The lowest BCUT2D eigenvalue weighted by Crippen LogP contribution is -2.37. The number of hydrogen-bond donors (Lipinski definition) is 1. The average Bonchev–Trinajstić information content (AvgIpc) is 3.00. The number of likely N-dealkylation sites (tertiary alicyclic amines) is 1. The van der Waals surface area contributed by atoms with Crippen molar-refractivity contribution in [3.8, 4) is 0 Å². The van der Waals surface area contributed by atoms with E-state index in [4.69, 9.17) is 0 Å². The average molecular weight is 410 g/mol. The summed E-state index contributed by atoms with van der Waals surface area (Å²) in [7, 11) is 0. The minimum atomic E-state index is -0.241. The lowest BCUT2D eigenvalue weighted by atomic mass is 9.81. The number of aromatic amines is 1. The van der Waals surface area contributed by atoms with E-state index in [1.165, 1.54) is 4.90 Å². The van der Waals surface area contributed by atoms with E-state index >= 15 is 0 Å². The summed E-state index contributed by atoms with van der Waals surface area (Å²) in [5.74, 6) is -0.412. The van der Waals surface area contributed by atoms with Gasteiger partial charge in [-0.05, 0) is 31.9 Å². The summed E-state index contributed by atoms with van der Waals surface area (Å²) in [6.07, 6.45) is 3.56. The van der Waals surface area contributed by atoms with Crippen molar-refractivity contribution in [2.24, 2.45) is 11.8 Å². The smallest absolute Gasteiger partial charge is 0.258 e. The molecule has 2 atom stereocenters. The predicted molar refractivity (Wildman–Crippen MR) is 110 cm³/mol. The Morgan fingerprint density at radius 1 is 1.13 bits per heavy atom. The standard InChI is InChI=1S/C22H26N4O4/c1-2-25(13-18-23-17-10-6-5-9-16(17)20(28)24-18)19(27)11-12-26-21(29)14-7-3-4-8-15(14)22(26)30/h5-6,9-10,14-15H,2-4,7-8,11-13H2,1H3,(H,23,24,28)/t14-,15+. The number of carbonyl (C=O) groups excluding carboxylic acids is 3. The Kier molecular flexibility index (Phi) is 5.65. The molecule has 1 saturated heterocycles. The monoisotopic (exact) mass is 410 g/mol. The molecule has 8 heteroatoms. The van der Waals surface area contributed by atoms with Gasteiger partial charge in [-0.1, -0.05) is 25.0 Å². The molecule has 30 heavy (non-hydrogen) atoms. The van der Waals surface area contributed by atoms with Crippen molar-refractivity contribution in [3.63, 3.8) is 0 Å². The summed E-state index contributed by atoms with van der Waals surface area (Å²) in [5.41, 5.74) is 0.339. The number of rotatable bonds is 6. The van der Waals surface area contributed by atoms with Gasteiger partial charge in [-0.2, -0.15) is 0 Å². The summed E-state index contributed by atoms with van der Waals surface area (Å²) in [6.45, 7) is 2.56. The maximum Gasteiger partial charge on any atom is 0.258 e. The molecule has 3 amide bonds. The van der Waals surface area contributed by atoms with Gasteiger partial charge in [-0.25, -0.2) is 4.98 Å². The van der Waals surface area contributed by atoms with Crippen molar-refractivity contribution in [1.29, 1.82) is 0 Å². The second kappa shape index (κ2) is 8.38. The maximum absolute atomic E-state index is 12.8. The molecule has 0 bridgehead atoms. The van der Waals surface area contributed by atoms with Crippen LogP contribution in [0.25, 0.3) is 10.9 Å². The number of amides is 3. The zero-order chi connectivity index (χ0) is 21.3. The number of benzene rings is 1. The van der Waals surface area contributed by atoms with Gasteiger partial charge in [-0.15, -0.1) is 0 Å². The van der Waals surface area contributed by atoms with E-state index in [2.05, 4.69) is 9.97 Å². The SMILES string of the molecule is CCN(Cc1nc2ccccc2c(=O)[nH]1)C(=O)CCN1C(=O)[C@H]2CCCC[C@H]2C1=O. The first-order valence-electron chi connectivity index (χ1n) is 10.6. The van der Waals surface area contributed by atoms with E-state index in [1.807, 2.05) is 13.0 Å². The summed E-state index contributed by atoms with van der Waals surface area (Å²) in [4.78, 5) is 60.2. The highest BCUT2D eigenvalue weighted by atomic mass is 16.2. The number of imide groups is 1. The summed E-state index contributed by atoms with van der Waals surface area (Å²) in [5, 5.41) is 0.503. The van der Waals surface area contributed by atoms with Crippen LogP contribution in [0.1, 0.15) is 44.9 Å². The molecule has 158 valence electrons. The lowest BCUT2D eigenvalue weighted by Gasteiger charge is -2.22. The van der Waals surface area contributed by atoms with Crippen LogP contribution in [0.5, 0.6) is 0 Å². The summed E-state index contributed by atoms with van der Waals surface area (Å²) >= 11 is 0. The van der Waals surface area contributed by atoms with E-state index in [9.17, 15) is 19.2 Å². The van der Waals surface area contributed by atoms with Crippen molar-refractivity contribution in [1.82, 2.24) is 19.8 Å². The van der Waals surface area contributed by atoms with Crippen LogP contribution in [0.15, 0.2) is 29.1 Å². The molecule has 1 aliphatic heterocycles. The molecule has 1 saturated carbocycles. The highest BCUT2D eigenvalue weighted by Gasteiger charge is 2.47. The van der Waals surface area contributed by atoms with Gasteiger partial charge in [0.25, 0.3) is 5.56 Å². The molecule has 2 aliphatic rings. The number of aromatic nitrogens is 2. The van der Waals surface area contributed by atoms with E-state index < -0.39 is 0 Å². The van der Waals surface area contributed by atoms with Gasteiger partial charge in [0.1, 0.15) is 5.82 Å². The Morgan fingerprint density at radius 3 is 2.47 bits per heavy atom. The van der Waals surface area contributed by atoms with Gasteiger partial charge >= 0.3 is 0 Å². The topological polar surface area (TPSA) is 103 Å². The van der Waals surface area contributed by atoms with Crippen molar-refractivity contribution in [2.75, 3.05) is 13.1 Å². The molecule has 1 N–H and O–H groups in total. The third kappa shape index (κ3) is 3.74. The second-order valence-corrected chi connectivity index (χ2v) is 8.01. The van der Waals surface area contributed by atoms with Gasteiger partial charge in [0.2, 0.25) is 17.7 Å². The highest BCUT2D eigenvalue weighted by molar-refractivity contribution is 6.05. The molecule has 0 unspecified atom stereocenters.